The monoisotopic (exact) mass is 257 g/mol. The molecule has 0 radical (unpaired) electrons. The van der Waals surface area contributed by atoms with Gasteiger partial charge >= 0.3 is 0 Å². The Morgan fingerprint density at radius 1 is 1.26 bits per heavy atom. The maximum Gasteiger partial charge on any atom is 0.101 e. The smallest absolute Gasteiger partial charge is 0.101 e. The molecular formula is C16H23N3. The normalized spacial score (nSPS) is 16.8. The summed E-state index contributed by atoms with van der Waals surface area (Å²) in [6.07, 6.45) is 3.81. The molecule has 1 fully saturated rings. The molecular weight excluding hydrogens is 234 g/mol. The van der Waals surface area contributed by atoms with Crippen LogP contribution in [0, 0.1) is 18.3 Å². The van der Waals surface area contributed by atoms with Crippen LogP contribution in [0.3, 0.4) is 0 Å². The third-order valence-electron chi connectivity index (χ3n) is 4.45. The van der Waals surface area contributed by atoms with Crippen molar-refractivity contribution in [3.05, 3.63) is 29.3 Å². The molecule has 1 aliphatic carbocycles. The van der Waals surface area contributed by atoms with Crippen molar-refractivity contribution in [1.29, 1.82) is 5.26 Å². The van der Waals surface area contributed by atoms with Crippen molar-refractivity contribution in [2.24, 2.45) is 0 Å². The van der Waals surface area contributed by atoms with E-state index in [4.69, 9.17) is 0 Å². The van der Waals surface area contributed by atoms with Gasteiger partial charge < -0.3 is 9.80 Å². The standard InChI is InChI=1S/C16H23N3/c1-13-6-7-14(11-17)15(10-13)19(4)12-16(18(2)3)8-5-9-16/h6-7,10H,5,8-9,12H2,1-4H3. The highest BCUT2D eigenvalue weighted by molar-refractivity contribution is 5.60. The number of hydrogen-bond donors (Lipinski definition) is 0. The van der Waals surface area contributed by atoms with Gasteiger partial charge in [-0.15, -0.1) is 0 Å². The van der Waals surface area contributed by atoms with Gasteiger partial charge in [-0.25, -0.2) is 0 Å². The second kappa shape index (κ2) is 5.22. The first-order chi connectivity index (χ1) is 8.98. The molecule has 0 aromatic heterocycles. The summed E-state index contributed by atoms with van der Waals surface area (Å²) >= 11 is 0. The molecule has 3 nitrogen and oxygen atoms in total. The number of nitrogens with zero attached hydrogens (tertiary/aromatic N) is 3. The average molecular weight is 257 g/mol. The van der Waals surface area contributed by atoms with Gasteiger partial charge in [0.2, 0.25) is 0 Å². The van der Waals surface area contributed by atoms with E-state index in [2.05, 4.69) is 50.0 Å². The van der Waals surface area contributed by atoms with Crippen LogP contribution in [0.25, 0.3) is 0 Å². The number of anilines is 1. The Labute approximate surface area is 116 Å². The lowest BCUT2D eigenvalue weighted by atomic mass is 9.75. The van der Waals surface area contributed by atoms with Crippen LogP contribution in [0.4, 0.5) is 5.69 Å². The summed E-state index contributed by atoms with van der Waals surface area (Å²) in [5.41, 5.74) is 3.30. The maximum absolute atomic E-state index is 9.25. The van der Waals surface area contributed by atoms with Crippen molar-refractivity contribution in [1.82, 2.24) is 4.90 Å². The minimum Gasteiger partial charge on any atom is -0.372 e. The fraction of sp³-hybridized carbons (Fsp3) is 0.562. The summed E-state index contributed by atoms with van der Waals surface area (Å²) in [7, 11) is 6.42. The third kappa shape index (κ3) is 2.59. The molecule has 0 bridgehead atoms. The van der Waals surface area contributed by atoms with E-state index in [1.165, 1.54) is 24.8 Å². The van der Waals surface area contributed by atoms with Crippen LogP contribution in [0.15, 0.2) is 18.2 Å². The predicted molar refractivity (Wildman–Crippen MR) is 79.4 cm³/mol. The summed E-state index contributed by atoms with van der Waals surface area (Å²) in [6, 6.07) is 8.33. The average Bonchev–Trinajstić information content (AvgIpc) is 2.33. The second-order valence-electron chi connectivity index (χ2n) is 5.96. The van der Waals surface area contributed by atoms with Crippen LogP contribution >= 0.6 is 0 Å². The molecule has 0 spiro atoms. The number of rotatable bonds is 4. The van der Waals surface area contributed by atoms with E-state index in [1.54, 1.807) is 0 Å². The molecule has 19 heavy (non-hydrogen) atoms. The zero-order valence-corrected chi connectivity index (χ0v) is 12.4. The van der Waals surface area contributed by atoms with Gasteiger partial charge in [0, 0.05) is 19.1 Å². The quantitative estimate of drug-likeness (QED) is 0.831. The van der Waals surface area contributed by atoms with Gasteiger partial charge in [-0.1, -0.05) is 6.07 Å². The minimum atomic E-state index is 0.283. The first-order valence-electron chi connectivity index (χ1n) is 6.88. The first kappa shape index (κ1) is 13.9. The van der Waals surface area contributed by atoms with Crippen LogP contribution in [-0.2, 0) is 0 Å². The minimum absolute atomic E-state index is 0.283. The molecule has 1 aromatic carbocycles. The molecule has 1 aromatic rings. The molecule has 3 heteroatoms. The highest BCUT2D eigenvalue weighted by Gasteiger charge is 2.40. The summed E-state index contributed by atoms with van der Waals surface area (Å²) in [4.78, 5) is 4.58. The SMILES string of the molecule is Cc1ccc(C#N)c(N(C)CC2(N(C)C)CCC2)c1. The number of likely N-dealkylation sites (N-methyl/N-ethyl adjacent to an activating group) is 2. The van der Waals surface area contributed by atoms with Crippen molar-refractivity contribution >= 4 is 5.69 Å². The molecule has 102 valence electrons. The van der Waals surface area contributed by atoms with Crippen LogP contribution in [0.5, 0.6) is 0 Å². The number of nitriles is 1. The molecule has 0 N–H and O–H groups in total. The van der Waals surface area contributed by atoms with E-state index < -0.39 is 0 Å². The van der Waals surface area contributed by atoms with Crippen molar-refractivity contribution < 1.29 is 0 Å². The van der Waals surface area contributed by atoms with Gasteiger partial charge in [0.05, 0.1) is 11.3 Å². The van der Waals surface area contributed by atoms with Crippen molar-refractivity contribution in [2.75, 3.05) is 32.6 Å². The van der Waals surface area contributed by atoms with Crippen LogP contribution in [0.2, 0.25) is 0 Å². The number of benzene rings is 1. The molecule has 0 atom stereocenters. The topological polar surface area (TPSA) is 30.3 Å². The Morgan fingerprint density at radius 3 is 2.42 bits per heavy atom. The molecule has 0 unspecified atom stereocenters. The zero-order valence-electron chi connectivity index (χ0n) is 12.4. The van der Waals surface area contributed by atoms with Crippen LogP contribution < -0.4 is 4.90 Å². The van der Waals surface area contributed by atoms with Gasteiger partial charge in [-0.05, 0) is 58.0 Å². The Hall–Kier alpha value is -1.53. The Morgan fingerprint density at radius 2 is 1.95 bits per heavy atom. The fourth-order valence-electron chi connectivity index (χ4n) is 2.91. The zero-order chi connectivity index (χ0) is 14.0. The van der Waals surface area contributed by atoms with E-state index in [0.29, 0.717) is 0 Å². The fourth-order valence-corrected chi connectivity index (χ4v) is 2.91. The maximum atomic E-state index is 9.25. The third-order valence-corrected chi connectivity index (χ3v) is 4.45. The van der Waals surface area contributed by atoms with Crippen molar-refractivity contribution in [2.45, 2.75) is 31.7 Å². The Balaban J connectivity index is 2.23. The number of aryl methyl sites for hydroxylation is 1. The molecule has 2 rings (SSSR count). The van der Waals surface area contributed by atoms with E-state index in [1.807, 2.05) is 12.1 Å². The van der Waals surface area contributed by atoms with Gasteiger partial charge in [0.1, 0.15) is 6.07 Å². The molecule has 1 saturated carbocycles. The van der Waals surface area contributed by atoms with E-state index in [0.717, 1.165) is 17.8 Å². The van der Waals surface area contributed by atoms with E-state index in [9.17, 15) is 5.26 Å². The molecule has 1 aliphatic rings. The largest absolute Gasteiger partial charge is 0.372 e. The first-order valence-corrected chi connectivity index (χ1v) is 6.88. The lowest BCUT2D eigenvalue weighted by Crippen LogP contribution is -2.56. The molecule has 0 aliphatic heterocycles. The van der Waals surface area contributed by atoms with E-state index in [-0.39, 0.29) is 5.54 Å². The molecule has 0 amide bonds. The van der Waals surface area contributed by atoms with Gasteiger partial charge in [-0.3, -0.25) is 0 Å². The van der Waals surface area contributed by atoms with Gasteiger partial charge in [0.25, 0.3) is 0 Å². The lowest BCUT2D eigenvalue weighted by Gasteiger charge is -2.49. The lowest BCUT2D eigenvalue weighted by molar-refractivity contribution is 0.0683. The van der Waals surface area contributed by atoms with Crippen molar-refractivity contribution in [3.8, 4) is 6.07 Å². The predicted octanol–water partition coefficient (Wildman–Crippen LogP) is 2.79. The molecule has 0 saturated heterocycles. The van der Waals surface area contributed by atoms with Gasteiger partial charge in [0.15, 0.2) is 0 Å². The highest BCUT2D eigenvalue weighted by atomic mass is 15.2. The highest BCUT2D eigenvalue weighted by Crippen LogP contribution is 2.37. The van der Waals surface area contributed by atoms with Gasteiger partial charge in [-0.2, -0.15) is 5.26 Å². The Kier molecular flexibility index (Phi) is 3.82. The number of hydrogen-bond acceptors (Lipinski definition) is 3. The van der Waals surface area contributed by atoms with Crippen molar-refractivity contribution in [3.63, 3.8) is 0 Å². The van der Waals surface area contributed by atoms with Crippen LogP contribution in [-0.4, -0.2) is 38.1 Å². The Bertz CT molecular complexity index is 495. The molecule has 0 heterocycles. The summed E-state index contributed by atoms with van der Waals surface area (Å²) in [5.74, 6) is 0. The van der Waals surface area contributed by atoms with Crippen LogP contribution in [0.1, 0.15) is 30.4 Å². The summed E-state index contributed by atoms with van der Waals surface area (Å²) < 4.78 is 0. The summed E-state index contributed by atoms with van der Waals surface area (Å²) in [5, 5.41) is 9.25. The van der Waals surface area contributed by atoms with E-state index >= 15 is 0 Å². The second-order valence-corrected chi connectivity index (χ2v) is 5.96. The summed E-state index contributed by atoms with van der Waals surface area (Å²) in [6.45, 7) is 3.06.